The first-order valence-corrected chi connectivity index (χ1v) is 14.4. The lowest BCUT2D eigenvalue weighted by atomic mass is 9.92. The first kappa shape index (κ1) is 35.2. The molecular weight excluding hydrogens is 584 g/mol. The Bertz CT molecular complexity index is 1420. The Kier molecular flexibility index (Phi) is 11.9. The van der Waals surface area contributed by atoms with E-state index in [0.29, 0.717) is 0 Å². The summed E-state index contributed by atoms with van der Waals surface area (Å²) < 4.78 is 22.8. The number of nitrogens with two attached hydrogens (primary N) is 2. The first-order valence-electron chi connectivity index (χ1n) is 14.4. The summed E-state index contributed by atoms with van der Waals surface area (Å²) in [5.41, 5.74) is 9.86. The molecule has 1 aliphatic rings. The number of H-pyrrole nitrogens is 1. The molecule has 0 unspecified atom stereocenters. The zero-order valence-electron chi connectivity index (χ0n) is 26.3. The number of amidine groups is 1. The molecule has 244 valence electrons. The number of aliphatic hydroxyl groups excluding tert-OH is 1. The molecule has 0 spiro atoms. The van der Waals surface area contributed by atoms with Crippen LogP contribution in [0.25, 0.3) is 0 Å². The van der Waals surface area contributed by atoms with Gasteiger partial charge in [-0.25, -0.2) is 4.99 Å². The molecule has 2 aromatic rings. The van der Waals surface area contributed by atoms with Crippen LogP contribution >= 0.6 is 0 Å². The molecule has 1 aromatic carbocycles. The zero-order valence-corrected chi connectivity index (χ0v) is 26.3. The van der Waals surface area contributed by atoms with E-state index in [1.165, 1.54) is 20.4 Å². The van der Waals surface area contributed by atoms with Gasteiger partial charge >= 0.3 is 11.9 Å². The maximum absolute atomic E-state index is 12.9. The van der Waals surface area contributed by atoms with Crippen molar-refractivity contribution in [1.82, 2.24) is 4.98 Å². The maximum Gasteiger partial charge on any atom is 0.323 e. The highest BCUT2D eigenvalue weighted by Gasteiger charge is 2.58. The minimum absolute atomic E-state index is 0.00269. The first-order chi connectivity index (χ1) is 21.3. The number of rotatable bonds is 12. The van der Waals surface area contributed by atoms with E-state index in [0.717, 1.165) is 11.9 Å². The number of aliphatic hydroxyl groups is 1. The van der Waals surface area contributed by atoms with Gasteiger partial charge in [0.05, 0.1) is 24.1 Å². The molecule has 0 radical (unpaired) electrons. The molecule has 6 N–H and O–H groups in total. The Balaban J connectivity index is 1.98. The number of benzene rings is 1. The molecule has 14 nitrogen and oxygen atoms in total. The zero-order chi connectivity index (χ0) is 33.4. The van der Waals surface area contributed by atoms with Crippen molar-refractivity contribution in [1.29, 1.82) is 0 Å². The lowest BCUT2D eigenvalue weighted by molar-refractivity contribution is -0.162. The van der Waals surface area contributed by atoms with Gasteiger partial charge in [-0.15, -0.1) is 0 Å². The van der Waals surface area contributed by atoms with E-state index in [9.17, 15) is 19.5 Å². The minimum Gasteiger partial charge on any atom is -0.463 e. The Hall–Kier alpha value is -4.24. The Labute approximate surface area is 261 Å². The van der Waals surface area contributed by atoms with Crippen molar-refractivity contribution < 1.29 is 38.4 Å². The quantitative estimate of drug-likeness (QED) is 0.149. The average Bonchev–Trinajstić information content (AvgIpc) is 3.60. The molecule has 1 saturated heterocycles. The summed E-state index contributed by atoms with van der Waals surface area (Å²) in [6.07, 6.45) is -1.65. The van der Waals surface area contributed by atoms with Crippen LogP contribution in [-0.4, -0.2) is 97.0 Å². The van der Waals surface area contributed by atoms with Crippen LogP contribution in [0.2, 0.25) is 0 Å². The number of aromatic amines is 1. The number of hydrogen-bond donors (Lipinski definition) is 4. The van der Waals surface area contributed by atoms with Crippen LogP contribution in [0.15, 0.2) is 57.4 Å². The van der Waals surface area contributed by atoms with E-state index in [1.54, 1.807) is 64.1 Å². The highest BCUT2D eigenvalue weighted by molar-refractivity contribution is 6.08. The molecule has 45 heavy (non-hydrogen) atoms. The third-order valence-corrected chi connectivity index (χ3v) is 7.40. The van der Waals surface area contributed by atoms with Gasteiger partial charge < -0.3 is 40.5 Å². The third-order valence-electron chi connectivity index (χ3n) is 7.40. The van der Waals surface area contributed by atoms with Gasteiger partial charge in [-0.05, 0) is 37.5 Å². The lowest BCUT2D eigenvalue weighted by Gasteiger charge is -2.28. The molecule has 0 aliphatic carbocycles. The second kappa shape index (κ2) is 15.2. The Morgan fingerprint density at radius 3 is 2.47 bits per heavy atom. The number of nitrogens with zero attached hydrogens (tertiary/aromatic N) is 3. The number of aromatic nitrogens is 1. The van der Waals surface area contributed by atoms with E-state index in [-0.39, 0.29) is 36.2 Å². The highest BCUT2D eigenvalue weighted by atomic mass is 16.6. The van der Waals surface area contributed by atoms with Gasteiger partial charge in [0.1, 0.15) is 30.5 Å². The fraction of sp³-hybridized carbons (Fsp3) is 0.484. The van der Waals surface area contributed by atoms with Gasteiger partial charge in [0.2, 0.25) is 0 Å². The molecule has 3 rings (SSSR count). The summed E-state index contributed by atoms with van der Waals surface area (Å²) in [6, 6.07) is 11.2. The Morgan fingerprint density at radius 2 is 1.87 bits per heavy atom. The van der Waals surface area contributed by atoms with Crippen molar-refractivity contribution in [3.05, 3.63) is 59.4 Å². The number of esters is 2. The van der Waals surface area contributed by atoms with E-state index in [1.807, 2.05) is 6.07 Å². The number of carbonyl (C=O) groups excluding carboxylic acids is 3. The number of carbonyl (C=O) groups is 3. The van der Waals surface area contributed by atoms with Crippen molar-refractivity contribution >= 4 is 36.2 Å². The largest absolute Gasteiger partial charge is 0.463 e. The van der Waals surface area contributed by atoms with Gasteiger partial charge in [0, 0.05) is 20.4 Å². The van der Waals surface area contributed by atoms with Crippen LogP contribution < -0.4 is 11.5 Å². The summed E-state index contributed by atoms with van der Waals surface area (Å²) in [5.74, 6) is -2.24. The van der Waals surface area contributed by atoms with E-state index < -0.39 is 53.4 Å². The average molecular weight is 627 g/mol. The number of aliphatic imine (C=N–C) groups is 3. The van der Waals surface area contributed by atoms with Crippen LogP contribution in [0.5, 0.6) is 0 Å². The van der Waals surface area contributed by atoms with Crippen molar-refractivity contribution in [2.24, 2.45) is 32.4 Å². The monoisotopic (exact) mass is 626 g/mol. The highest BCUT2D eigenvalue weighted by Crippen LogP contribution is 2.40. The second-order valence-corrected chi connectivity index (χ2v) is 11.3. The summed E-state index contributed by atoms with van der Waals surface area (Å²) >= 11 is 0. The molecule has 0 saturated carbocycles. The number of hydrogen-bond acceptors (Lipinski definition) is 10. The lowest BCUT2D eigenvalue weighted by Crippen LogP contribution is -2.47. The predicted octanol–water partition coefficient (Wildman–Crippen LogP) is 1.04. The smallest absolute Gasteiger partial charge is 0.323 e. The van der Waals surface area contributed by atoms with Crippen LogP contribution in [-0.2, 0) is 45.4 Å². The molecule has 2 heterocycles. The number of nitrogens with one attached hydrogen (secondary N) is 1. The fourth-order valence-electron chi connectivity index (χ4n) is 4.47. The topological polar surface area (TPSA) is 213 Å². The maximum atomic E-state index is 12.9. The molecular formula is C31H42N6O8. The normalized spacial score (nSPS) is 23.1. The van der Waals surface area contributed by atoms with Gasteiger partial charge in [-0.2, -0.15) is 4.99 Å². The molecule has 1 fully saturated rings. The molecule has 5 atom stereocenters. The summed E-state index contributed by atoms with van der Waals surface area (Å²) in [4.78, 5) is 53.6. The van der Waals surface area contributed by atoms with E-state index in [2.05, 4.69) is 20.0 Å². The van der Waals surface area contributed by atoms with Crippen molar-refractivity contribution in [3.63, 3.8) is 0 Å². The molecule has 0 bridgehead atoms. The van der Waals surface area contributed by atoms with Crippen molar-refractivity contribution in [2.75, 3.05) is 20.8 Å². The van der Waals surface area contributed by atoms with E-state index >= 15 is 0 Å². The minimum atomic E-state index is -1.72. The number of amides is 1. The van der Waals surface area contributed by atoms with Crippen LogP contribution in [0, 0.1) is 5.92 Å². The van der Waals surface area contributed by atoms with Crippen LogP contribution in [0.3, 0.4) is 0 Å². The third kappa shape index (κ3) is 8.28. The number of ether oxygens (including phenoxy) is 4. The van der Waals surface area contributed by atoms with Crippen molar-refractivity contribution in [2.45, 2.75) is 69.7 Å². The predicted molar refractivity (Wildman–Crippen MR) is 167 cm³/mol. The van der Waals surface area contributed by atoms with E-state index in [4.69, 9.17) is 30.4 Å². The molecule has 1 aromatic heterocycles. The van der Waals surface area contributed by atoms with Crippen LogP contribution in [0.1, 0.15) is 44.6 Å². The summed E-state index contributed by atoms with van der Waals surface area (Å²) in [5, 5.41) is 11.7. The van der Waals surface area contributed by atoms with Gasteiger partial charge in [0.15, 0.2) is 17.5 Å². The molecule has 1 aliphatic heterocycles. The molecule has 14 heteroatoms. The standard InChI is InChI=1S/C31H42N6O8/c1-18(2)24(33)28(40)44-25-21(15-43-23(38)14-19-10-8-7-9-11-19)45-31(16-34-5,26(25)39)22-13-12-20(36-22)27(35-17-32)37-29(41)30(3,4)42-6/h7-13,16-18,21,24-26,36,39H,14-15,33H2,1-6H3,(H2,32,35,37,41)/t21-,24-,25-,26-,31+/m1/s1. The fourth-order valence-corrected chi connectivity index (χ4v) is 4.47. The molecule has 1 amide bonds. The summed E-state index contributed by atoms with van der Waals surface area (Å²) in [6.45, 7) is 6.27. The van der Waals surface area contributed by atoms with Gasteiger partial charge in [-0.1, -0.05) is 44.2 Å². The van der Waals surface area contributed by atoms with Crippen molar-refractivity contribution in [3.8, 4) is 0 Å². The summed E-state index contributed by atoms with van der Waals surface area (Å²) in [7, 11) is 2.85. The Morgan fingerprint density at radius 1 is 1.18 bits per heavy atom. The van der Waals surface area contributed by atoms with Gasteiger partial charge in [0.25, 0.3) is 5.91 Å². The second-order valence-electron chi connectivity index (χ2n) is 11.3. The SMILES string of the molecule is CN=C[C@@]1(c2ccc(C(N=CN)=NC(=O)C(C)(C)OC)[nH]2)O[C@H](COC(=O)Cc2ccccc2)[C@@H](OC(=O)[C@H](N)C(C)C)[C@H]1O. The van der Waals surface area contributed by atoms with Crippen LogP contribution in [0.4, 0.5) is 0 Å². The number of methoxy groups -OCH3 is 1. The van der Waals surface area contributed by atoms with Gasteiger partial charge in [-0.3, -0.25) is 19.4 Å².